The van der Waals surface area contributed by atoms with Crippen molar-refractivity contribution in [1.82, 2.24) is 4.90 Å². The van der Waals surface area contributed by atoms with Crippen LogP contribution < -0.4 is 4.74 Å². The van der Waals surface area contributed by atoms with E-state index >= 15 is 0 Å². The van der Waals surface area contributed by atoms with Gasteiger partial charge in [0.05, 0.1) is 11.3 Å². The molecular weight excluding hydrogens is 343 g/mol. The number of amidine groups is 1. The fourth-order valence-corrected chi connectivity index (χ4v) is 4.83. The van der Waals surface area contributed by atoms with E-state index in [2.05, 4.69) is 11.6 Å². The Balaban J connectivity index is 1.58. The summed E-state index contributed by atoms with van der Waals surface area (Å²) >= 11 is 0. The highest BCUT2D eigenvalue weighted by Crippen LogP contribution is 2.55. The number of fused-ring (bicyclic) bond motifs is 2. The van der Waals surface area contributed by atoms with Crippen LogP contribution in [-0.4, -0.2) is 28.5 Å². The molecule has 1 heterocycles. The van der Waals surface area contributed by atoms with E-state index in [9.17, 15) is 9.50 Å². The molecule has 1 aromatic rings. The quantitative estimate of drug-likeness (QED) is 0.629. The fraction of sp³-hybridized carbons (Fsp3) is 0.409. The number of allylic oxidation sites excluding steroid dienone is 2. The molecule has 2 unspecified atom stereocenters. The Hall–Kier alpha value is -2.40. The molecule has 1 N–H and O–H groups in total. The van der Waals surface area contributed by atoms with Crippen molar-refractivity contribution >= 4 is 5.84 Å². The van der Waals surface area contributed by atoms with Gasteiger partial charge in [-0.2, -0.15) is 0 Å². The zero-order valence-electron chi connectivity index (χ0n) is 15.6. The van der Waals surface area contributed by atoms with Crippen molar-refractivity contribution in [3.63, 3.8) is 0 Å². The highest BCUT2D eigenvalue weighted by molar-refractivity contribution is 5.92. The summed E-state index contributed by atoms with van der Waals surface area (Å²) < 4.78 is 19.4. The minimum atomic E-state index is -0.564. The molecule has 0 amide bonds. The van der Waals surface area contributed by atoms with Gasteiger partial charge in [-0.3, -0.25) is 4.99 Å². The summed E-state index contributed by atoms with van der Waals surface area (Å²) in [5.74, 6) is 1.57. The Morgan fingerprint density at radius 2 is 2.15 bits per heavy atom. The summed E-state index contributed by atoms with van der Waals surface area (Å²) in [6.07, 6.45) is 11.0. The van der Waals surface area contributed by atoms with E-state index in [-0.39, 0.29) is 11.2 Å². The van der Waals surface area contributed by atoms with Crippen molar-refractivity contribution in [2.45, 2.75) is 44.1 Å². The smallest absolute Gasteiger partial charge is 0.150 e. The Kier molecular flexibility index (Phi) is 4.42. The van der Waals surface area contributed by atoms with E-state index in [1.165, 1.54) is 12.1 Å². The topological polar surface area (TPSA) is 45.1 Å². The number of nitrogens with zero attached hydrogens (tertiary/aromatic N) is 2. The van der Waals surface area contributed by atoms with E-state index in [1.54, 1.807) is 19.2 Å². The fourth-order valence-electron chi connectivity index (χ4n) is 4.83. The van der Waals surface area contributed by atoms with E-state index < -0.39 is 5.60 Å². The van der Waals surface area contributed by atoms with Crippen molar-refractivity contribution in [2.24, 2.45) is 10.4 Å². The van der Waals surface area contributed by atoms with Crippen LogP contribution in [0.2, 0.25) is 0 Å². The molecular formula is C22H25FN2O2. The van der Waals surface area contributed by atoms with Gasteiger partial charge in [-0.1, -0.05) is 12.6 Å². The van der Waals surface area contributed by atoms with Crippen LogP contribution in [0.15, 0.2) is 65.6 Å². The Morgan fingerprint density at radius 3 is 2.93 bits per heavy atom. The molecule has 2 bridgehead atoms. The Bertz CT molecular complexity index is 860. The summed E-state index contributed by atoms with van der Waals surface area (Å²) in [6, 6.07) is 6.06. The molecule has 2 saturated carbocycles. The third kappa shape index (κ3) is 3.21. The Labute approximate surface area is 159 Å². The molecule has 27 heavy (non-hydrogen) atoms. The van der Waals surface area contributed by atoms with Crippen molar-refractivity contribution in [3.05, 3.63) is 66.5 Å². The van der Waals surface area contributed by atoms with Crippen LogP contribution in [0.3, 0.4) is 0 Å². The van der Waals surface area contributed by atoms with Crippen LogP contribution in [-0.2, 0) is 0 Å². The van der Waals surface area contributed by atoms with Crippen LogP contribution in [0.5, 0.6) is 5.75 Å². The molecule has 0 saturated heterocycles. The molecule has 1 aromatic carbocycles. The summed E-state index contributed by atoms with van der Waals surface area (Å²) in [4.78, 5) is 6.58. The van der Waals surface area contributed by atoms with Crippen molar-refractivity contribution < 1.29 is 14.2 Å². The van der Waals surface area contributed by atoms with Crippen LogP contribution in [0.25, 0.3) is 0 Å². The molecule has 2 aliphatic carbocycles. The van der Waals surface area contributed by atoms with E-state index in [4.69, 9.17) is 4.74 Å². The highest BCUT2D eigenvalue weighted by Gasteiger charge is 2.54. The molecule has 2 atom stereocenters. The van der Waals surface area contributed by atoms with Crippen LogP contribution in [0.4, 0.5) is 4.39 Å². The third-order valence-corrected chi connectivity index (χ3v) is 6.03. The van der Waals surface area contributed by atoms with Gasteiger partial charge in [-0.05, 0) is 62.8 Å². The summed E-state index contributed by atoms with van der Waals surface area (Å²) in [5, 5.41) is 10.8. The largest absolute Gasteiger partial charge is 0.455 e. The summed E-state index contributed by atoms with van der Waals surface area (Å²) in [7, 11) is 1.79. The maximum Gasteiger partial charge on any atom is 0.150 e. The minimum Gasteiger partial charge on any atom is -0.455 e. The van der Waals surface area contributed by atoms with Gasteiger partial charge in [0.15, 0.2) is 5.76 Å². The number of hydrogen-bond donors (Lipinski definition) is 1. The van der Waals surface area contributed by atoms with Crippen molar-refractivity contribution in [2.75, 3.05) is 7.05 Å². The number of benzene rings is 1. The van der Waals surface area contributed by atoms with Gasteiger partial charge < -0.3 is 14.7 Å². The van der Waals surface area contributed by atoms with Gasteiger partial charge in [0.1, 0.15) is 17.4 Å². The number of rotatable bonds is 3. The second kappa shape index (κ2) is 6.64. The predicted octanol–water partition coefficient (Wildman–Crippen LogP) is 4.55. The second-order valence-corrected chi connectivity index (χ2v) is 7.83. The normalized spacial score (nSPS) is 30.5. The zero-order valence-corrected chi connectivity index (χ0v) is 15.6. The first-order valence-corrected chi connectivity index (χ1v) is 9.45. The van der Waals surface area contributed by atoms with Gasteiger partial charge in [0, 0.05) is 24.7 Å². The van der Waals surface area contributed by atoms with Crippen molar-refractivity contribution in [3.8, 4) is 5.75 Å². The van der Waals surface area contributed by atoms with Gasteiger partial charge in [0.2, 0.25) is 0 Å². The SMILES string of the molecule is C=C1C(Oc2cccc(F)c2)=CC=CN1C(=NC)C12CCCC(O)(CC1)C2. The highest BCUT2D eigenvalue weighted by atomic mass is 19.1. The molecule has 1 aliphatic heterocycles. The summed E-state index contributed by atoms with van der Waals surface area (Å²) in [5.41, 5.74) is -0.0278. The molecule has 0 aromatic heterocycles. The lowest BCUT2D eigenvalue weighted by atomic mass is 9.72. The predicted molar refractivity (Wildman–Crippen MR) is 104 cm³/mol. The zero-order chi connectivity index (χ0) is 19.1. The molecule has 0 radical (unpaired) electrons. The molecule has 3 aliphatic rings. The molecule has 0 spiro atoms. The van der Waals surface area contributed by atoms with E-state index in [1.807, 2.05) is 23.3 Å². The summed E-state index contributed by atoms with van der Waals surface area (Å²) in [6.45, 7) is 4.20. The maximum absolute atomic E-state index is 13.5. The lowest BCUT2D eigenvalue weighted by Crippen LogP contribution is -2.44. The van der Waals surface area contributed by atoms with Gasteiger partial charge in [-0.15, -0.1) is 0 Å². The maximum atomic E-state index is 13.5. The first kappa shape index (κ1) is 18.0. The average Bonchev–Trinajstić information content (AvgIpc) is 2.88. The minimum absolute atomic E-state index is 0.129. The number of aliphatic imine (C=N–C) groups is 1. The van der Waals surface area contributed by atoms with Crippen LogP contribution >= 0.6 is 0 Å². The van der Waals surface area contributed by atoms with Gasteiger partial charge in [0.25, 0.3) is 0 Å². The number of hydrogen-bond acceptors (Lipinski definition) is 3. The van der Waals surface area contributed by atoms with Crippen LogP contribution in [0.1, 0.15) is 38.5 Å². The lowest BCUT2D eigenvalue weighted by Gasteiger charge is -2.41. The number of ether oxygens (including phenoxy) is 1. The van der Waals surface area contributed by atoms with Crippen LogP contribution in [0, 0.1) is 11.2 Å². The van der Waals surface area contributed by atoms with E-state index in [0.29, 0.717) is 17.2 Å². The molecule has 2 fully saturated rings. The standard InChI is InChI=1S/C22H25FN2O2/c1-16-19(27-18-7-3-6-17(23)14-18)8-4-13-25(16)20(24-2)21-9-5-10-22(26,15-21)12-11-21/h3-4,6-8,13-14,26H,1,5,9-12,15H2,2H3. The average molecular weight is 368 g/mol. The molecule has 142 valence electrons. The third-order valence-electron chi connectivity index (χ3n) is 6.03. The first-order chi connectivity index (χ1) is 12.9. The molecule has 4 rings (SSSR count). The molecule has 5 heteroatoms. The van der Waals surface area contributed by atoms with Crippen molar-refractivity contribution in [1.29, 1.82) is 0 Å². The number of aliphatic hydroxyl groups is 1. The van der Waals surface area contributed by atoms with E-state index in [0.717, 1.165) is 44.4 Å². The Morgan fingerprint density at radius 1 is 1.30 bits per heavy atom. The second-order valence-electron chi connectivity index (χ2n) is 7.83. The number of halogens is 1. The molecule has 4 nitrogen and oxygen atoms in total. The lowest BCUT2D eigenvalue weighted by molar-refractivity contribution is 0.0112. The monoisotopic (exact) mass is 368 g/mol. The van der Waals surface area contributed by atoms with Gasteiger partial charge in [-0.25, -0.2) is 4.39 Å². The van der Waals surface area contributed by atoms with Gasteiger partial charge >= 0.3 is 0 Å². The first-order valence-electron chi connectivity index (χ1n) is 9.45.